The Morgan fingerprint density at radius 2 is 1.78 bits per heavy atom. The van der Waals surface area contributed by atoms with Crippen molar-refractivity contribution in [2.45, 2.75) is 52.0 Å². The van der Waals surface area contributed by atoms with E-state index in [1.54, 1.807) is 42.5 Å². The van der Waals surface area contributed by atoms with Gasteiger partial charge in [-0.2, -0.15) is 5.10 Å². The van der Waals surface area contributed by atoms with Crippen molar-refractivity contribution in [2.75, 3.05) is 13.6 Å². The van der Waals surface area contributed by atoms with E-state index in [9.17, 15) is 14.7 Å². The lowest BCUT2D eigenvalue weighted by atomic mass is 9.99. The molecular formula is C32H38N6O3. The van der Waals surface area contributed by atoms with Crippen molar-refractivity contribution in [3.8, 4) is 0 Å². The second-order valence-electron chi connectivity index (χ2n) is 10.2. The zero-order chi connectivity index (χ0) is 29.2. The molecule has 41 heavy (non-hydrogen) atoms. The van der Waals surface area contributed by atoms with Gasteiger partial charge in [-0.1, -0.05) is 36.4 Å². The first-order chi connectivity index (χ1) is 19.8. The van der Waals surface area contributed by atoms with Crippen molar-refractivity contribution >= 4 is 11.8 Å². The fraction of sp³-hybridized carbons (Fsp3) is 0.312. The molecule has 4 rings (SSSR count). The Bertz CT molecular complexity index is 1420. The van der Waals surface area contributed by atoms with E-state index in [-0.39, 0.29) is 18.4 Å². The van der Waals surface area contributed by atoms with Gasteiger partial charge < -0.3 is 20.6 Å². The summed E-state index contributed by atoms with van der Waals surface area (Å²) in [4.78, 5) is 32.6. The summed E-state index contributed by atoms with van der Waals surface area (Å²) in [6.45, 7) is 5.86. The number of benzene rings is 2. The number of hydrogen-bond acceptors (Lipinski definition) is 6. The topological polar surface area (TPSA) is 112 Å². The summed E-state index contributed by atoms with van der Waals surface area (Å²) in [6, 6.07) is 19.9. The maximum absolute atomic E-state index is 13.5. The molecule has 4 aromatic rings. The number of carbonyl (C=O) groups is 2. The van der Waals surface area contributed by atoms with Crippen LogP contribution in [0.15, 0.2) is 85.3 Å². The summed E-state index contributed by atoms with van der Waals surface area (Å²) in [5.41, 5.74) is 4.37. The number of aliphatic hydroxyl groups excluding tert-OH is 1. The Labute approximate surface area is 241 Å². The highest BCUT2D eigenvalue weighted by Crippen LogP contribution is 2.15. The molecule has 0 bridgehead atoms. The van der Waals surface area contributed by atoms with Gasteiger partial charge in [0.15, 0.2) is 0 Å². The predicted octanol–water partition coefficient (Wildman–Crippen LogP) is 3.37. The Morgan fingerprint density at radius 1 is 1.02 bits per heavy atom. The average molecular weight is 555 g/mol. The molecule has 0 saturated heterocycles. The molecule has 9 nitrogen and oxygen atoms in total. The van der Waals surface area contributed by atoms with Crippen molar-refractivity contribution < 1.29 is 14.7 Å². The first-order valence-electron chi connectivity index (χ1n) is 13.8. The van der Waals surface area contributed by atoms with E-state index in [0.29, 0.717) is 30.6 Å². The van der Waals surface area contributed by atoms with Gasteiger partial charge in [-0.25, -0.2) is 0 Å². The van der Waals surface area contributed by atoms with E-state index in [1.165, 1.54) is 0 Å². The van der Waals surface area contributed by atoms with Crippen LogP contribution in [0.3, 0.4) is 0 Å². The number of aliphatic hydroxyl groups is 1. The number of amides is 2. The molecule has 3 N–H and O–H groups in total. The van der Waals surface area contributed by atoms with E-state index >= 15 is 0 Å². The third-order valence-electron chi connectivity index (χ3n) is 6.83. The van der Waals surface area contributed by atoms with E-state index in [4.69, 9.17) is 0 Å². The van der Waals surface area contributed by atoms with Gasteiger partial charge in [0.1, 0.15) is 0 Å². The SMILES string of the molecule is CCn1cc(CNCC(O)C(Cc2ccccc2)NC(=O)c2cc(C)cc(C(=O)N(C)Cc3ccccn3)c2)cn1. The van der Waals surface area contributed by atoms with Gasteiger partial charge in [-0.05, 0) is 61.7 Å². The van der Waals surface area contributed by atoms with Gasteiger partial charge in [0.25, 0.3) is 11.8 Å². The molecule has 0 aliphatic carbocycles. The second kappa shape index (κ2) is 14.3. The third kappa shape index (κ3) is 8.57. The lowest BCUT2D eigenvalue weighted by Gasteiger charge is -2.25. The highest BCUT2D eigenvalue weighted by molar-refractivity contribution is 6.00. The second-order valence-corrected chi connectivity index (χ2v) is 10.2. The number of rotatable bonds is 13. The molecule has 0 fully saturated rings. The Balaban J connectivity index is 1.45. The molecule has 0 spiro atoms. The molecule has 2 aromatic heterocycles. The Morgan fingerprint density at radius 3 is 2.49 bits per heavy atom. The van der Waals surface area contributed by atoms with Crippen LogP contribution >= 0.6 is 0 Å². The fourth-order valence-corrected chi connectivity index (χ4v) is 4.64. The summed E-state index contributed by atoms with van der Waals surface area (Å²) in [7, 11) is 1.71. The van der Waals surface area contributed by atoms with Gasteiger partial charge in [0.2, 0.25) is 0 Å². The minimum absolute atomic E-state index is 0.204. The van der Waals surface area contributed by atoms with Crippen molar-refractivity contribution in [1.82, 2.24) is 30.3 Å². The van der Waals surface area contributed by atoms with Crippen LogP contribution in [0, 0.1) is 6.92 Å². The molecule has 9 heteroatoms. The van der Waals surface area contributed by atoms with Gasteiger partial charge in [0, 0.05) is 55.8 Å². The summed E-state index contributed by atoms with van der Waals surface area (Å²) in [5.74, 6) is -0.552. The van der Waals surface area contributed by atoms with Crippen LogP contribution in [0.2, 0.25) is 0 Å². The van der Waals surface area contributed by atoms with Crippen LogP contribution in [0.25, 0.3) is 0 Å². The average Bonchev–Trinajstić information content (AvgIpc) is 3.45. The minimum Gasteiger partial charge on any atom is -0.390 e. The van der Waals surface area contributed by atoms with Crippen LogP contribution in [0.4, 0.5) is 0 Å². The summed E-state index contributed by atoms with van der Waals surface area (Å²) in [5, 5.41) is 21.7. The summed E-state index contributed by atoms with van der Waals surface area (Å²) in [6.07, 6.45) is 5.06. The van der Waals surface area contributed by atoms with Gasteiger partial charge in [0.05, 0.1) is 30.6 Å². The maximum atomic E-state index is 13.5. The number of hydrogen-bond donors (Lipinski definition) is 3. The first-order valence-corrected chi connectivity index (χ1v) is 13.8. The highest BCUT2D eigenvalue weighted by atomic mass is 16.3. The highest BCUT2D eigenvalue weighted by Gasteiger charge is 2.24. The van der Waals surface area contributed by atoms with E-state index in [1.807, 2.05) is 73.3 Å². The zero-order valence-corrected chi connectivity index (χ0v) is 23.8. The zero-order valence-electron chi connectivity index (χ0n) is 23.8. The van der Waals surface area contributed by atoms with Crippen LogP contribution in [-0.4, -0.2) is 62.3 Å². The molecule has 2 unspecified atom stereocenters. The van der Waals surface area contributed by atoms with Crippen LogP contribution in [-0.2, 0) is 26.1 Å². The molecule has 214 valence electrons. The van der Waals surface area contributed by atoms with Gasteiger partial charge in [-0.15, -0.1) is 0 Å². The minimum atomic E-state index is -0.851. The van der Waals surface area contributed by atoms with Crippen molar-refractivity contribution in [3.05, 3.63) is 119 Å². The van der Waals surface area contributed by atoms with E-state index in [0.717, 1.165) is 28.9 Å². The van der Waals surface area contributed by atoms with Gasteiger partial charge in [-0.3, -0.25) is 19.3 Å². The summed E-state index contributed by atoms with van der Waals surface area (Å²) < 4.78 is 1.85. The normalized spacial score (nSPS) is 12.5. The monoisotopic (exact) mass is 554 g/mol. The number of aryl methyl sites for hydroxylation is 2. The van der Waals surface area contributed by atoms with Crippen molar-refractivity contribution in [3.63, 3.8) is 0 Å². The largest absolute Gasteiger partial charge is 0.390 e. The molecule has 0 aliphatic heterocycles. The standard InChI is InChI=1S/C32H38N6O3/c1-4-38-21-25(19-35-38)18-33-20-30(39)29(16-24-10-6-5-7-11-24)36-31(40)26-14-23(2)15-27(17-26)32(41)37(3)22-28-12-8-9-13-34-28/h5-15,17,19,21,29-30,33,39H,4,16,18,20,22H2,1-3H3,(H,36,40). The lowest BCUT2D eigenvalue weighted by molar-refractivity contribution is 0.0783. The summed E-state index contributed by atoms with van der Waals surface area (Å²) >= 11 is 0. The Kier molecular flexibility index (Phi) is 10.4. The number of nitrogens with one attached hydrogen (secondary N) is 2. The van der Waals surface area contributed by atoms with E-state index in [2.05, 4.69) is 20.7 Å². The molecule has 2 aromatic carbocycles. The predicted molar refractivity (Wildman–Crippen MR) is 158 cm³/mol. The van der Waals surface area contributed by atoms with Crippen LogP contribution < -0.4 is 10.6 Å². The third-order valence-corrected chi connectivity index (χ3v) is 6.83. The van der Waals surface area contributed by atoms with E-state index < -0.39 is 12.1 Å². The Hall–Kier alpha value is -4.34. The smallest absolute Gasteiger partial charge is 0.253 e. The molecule has 0 saturated carbocycles. The number of carbonyl (C=O) groups excluding carboxylic acids is 2. The number of nitrogens with zero attached hydrogens (tertiary/aromatic N) is 4. The molecule has 0 radical (unpaired) electrons. The molecule has 2 atom stereocenters. The number of aromatic nitrogens is 3. The first kappa shape index (κ1) is 29.6. The molecular weight excluding hydrogens is 516 g/mol. The fourth-order valence-electron chi connectivity index (χ4n) is 4.64. The lowest BCUT2D eigenvalue weighted by Crippen LogP contribution is -2.48. The van der Waals surface area contributed by atoms with Gasteiger partial charge >= 0.3 is 0 Å². The molecule has 0 aliphatic rings. The quantitative estimate of drug-likeness (QED) is 0.234. The maximum Gasteiger partial charge on any atom is 0.253 e. The van der Waals surface area contributed by atoms with Crippen molar-refractivity contribution in [2.24, 2.45) is 0 Å². The molecule has 2 heterocycles. The molecule has 2 amide bonds. The number of pyridine rings is 1. The van der Waals surface area contributed by atoms with Crippen LogP contribution in [0.5, 0.6) is 0 Å². The van der Waals surface area contributed by atoms with Crippen molar-refractivity contribution in [1.29, 1.82) is 0 Å². The van der Waals surface area contributed by atoms with Crippen LogP contribution in [0.1, 0.15) is 50.0 Å².